The van der Waals surface area contributed by atoms with Crippen molar-refractivity contribution in [3.05, 3.63) is 39.6 Å². The molecule has 9 heteroatoms. The first-order valence-electron chi connectivity index (χ1n) is 8.98. The summed E-state index contributed by atoms with van der Waals surface area (Å²) in [5.74, 6) is 0.173. The first kappa shape index (κ1) is 20.7. The number of benzene rings is 1. The Kier molecular flexibility index (Phi) is 6.30. The van der Waals surface area contributed by atoms with E-state index in [1.165, 1.54) is 23.5 Å². The number of anilines is 1. The van der Waals surface area contributed by atoms with Crippen LogP contribution in [0.1, 0.15) is 32.1 Å². The van der Waals surface area contributed by atoms with Gasteiger partial charge in [-0.25, -0.2) is 14.2 Å². The monoisotopic (exact) mass is 427 g/mol. The Labute approximate surface area is 172 Å². The van der Waals surface area contributed by atoms with Crippen molar-refractivity contribution in [3.8, 4) is 5.75 Å². The lowest BCUT2D eigenvalue weighted by atomic mass is 10.2. The van der Waals surface area contributed by atoms with Crippen LogP contribution >= 0.6 is 22.9 Å². The molecule has 1 N–H and O–H groups in total. The van der Waals surface area contributed by atoms with Gasteiger partial charge in [0.15, 0.2) is 4.47 Å². The predicted molar refractivity (Wildman–Crippen MR) is 108 cm³/mol. The molecular formula is C19H23ClFN3O3S. The van der Waals surface area contributed by atoms with Gasteiger partial charge in [-0.05, 0) is 32.9 Å². The van der Waals surface area contributed by atoms with Gasteiger partial charge in [-0.3, -0.25) is 0 Å². The Bertz CT molecular complexity index is 840. The second-order valence-electron chi connectivity index (χ2n) is 7.53. The average Bonchev–Trinajstić information content (AvgIpc) is 3.22. The second kappa shape index (κ2) is 8.53. The van der Waals surface area contributed by atoms with E-state index in [9.17, 15) is 9.18 Å². The molecule has 1 aliphatic heterocycles. The quantitative estimate of drug-likeness (QED) is 0.732. The van der Waals surface area contributed by atoms with E-state index >= 15 is 0 Å². The number of hydrogen-bond donors (Lipinski definition) is 1. The topological polar surface area (TPSA) is 63.7 Å². The summed E-state index contributed by atoms with van der Waals surface area (Å²) in [4.78, 5) is 18.8. The van der Waals surface area contributed by atoms with E-state index in [0.717, 1.165) is 4.88 Å². The highest BCUT2D eigenvalue weighted by molar-refractivity contribution is 7.15. The van der Waals surface area contributed by atoms with Crippen molar-refractivity contribution >= 4 is 34.7 Å². The molecule has 1 atom stereocenters. The third-order valence-corrected chi connectivity index (χ3v) is 5.13. The third-order valence-electron chi connectivity index (χ3n) is 4.01. The van der Waals surface area contributed by atoms with Gasteiger partial charge >= 0.3 is 6.09 Å². The summed E-state index contributed by atoms with van der Waals surface area (Å²) in [6, 6.07) is 4.33. The van der Waals surface area contributed by atoms with Crippen molar-refractivity contribution in [2.24, 2.45) is 0 Å². The fourth-order valence-electron chi connectivity index (χ4n) is 2.79. The van der Waals surface area contributed by atoms with E-state index in [0.29, 0.717) is 42.0 Å². The van der Waals surface area contributed by atoms with Gasteiger partial charge in [-0.1, -0.05) is 11.6 Å². The molecule has 1 aromatic carbocycles. The zero-order chi connectivity index (χ0) is 20.3. The summed E-state index contributed by atoms with van der Waals surface area (Å²) in [7, 11) is 0. The van der Waals surface area contributed by atoms with Gasteiger partial charge in [-0.15, -0.1) is 11.3 Å². The molecule has 28 heavy (non-hydrogen) atoms. The number of amides is 1. The SMILES string of the molecule is CC(C)(C)OC(=O)N1CCC(Oc2ccc(F)cc2NCc2cnc(Cl)s2)C1. The van der Waals surface area contributed by atoms with Gasteiger partial charge in [0.25, 0.3) is 0 Å². The van der Waals surface area contributed by atoms with Gasteiger partial charge in [0, 0.05) is 30.1 Å². The molecule has 0 bridgehead atoms. The zero-order valence-corrected chi connectivity index (χ0v) is 17.6. The molecule has 1 saturated heterocycles. The smallest absolute Gasteiger partial charge is 0.410 e. The van der Waals surface area contributed by atoms with Crippen molar-refractivity contribution in [1.82, 2.24) is 9.88 Å². The van der Waals surface area contributed by atoms with E-state index in [1.807, 2.05) is 20.8 Å². The van der Waals surface area contributed by atoms with E-state index in [-0.39, 0.29) is 18.0 Å². The highest BCUT2D eigenvalue weighted by atomic mass is 35.5. The minimum absolute atomic E-state index is 0.184. The van der Waals surface area contributed by atoms with Crippen LogP contribution in [0.5, 0.6) is 5.75 Å². The standard InChI is InChI=1S/C19H23ClFN3O3S/c1-19(2,3)27-18(25)24-7-6-13(11-24)26-16-5-4-12(21)8-15(16)22-9-14-10-23-17(20)28-14/h4-5,8,10,13,22H,6-7,9,11H2,1-3H3. The Hall–Kier alpha value is -2.06. The summed E-state index contributed by atoms with van der Waals surface area (Å²) in [5.41, 5.74) is 0.00381. The van der Waals surface area contributed by atoms with Gasteiger partial charge in [0.1, 0.15) is 23.3 Å². The van der Waals surface area contributed by atoms with E-state index < -0.39 is 5.60 Å². The van der Waals surface area contributed by atoms with Crippen LogP contribution < -0.4 is 10.1 Å². The first-order chi connectivity index (χ1) is 13.2. The van der Waals surface area contributed by atoms with Gasteiger partial charge < -0.3 is 19.7 Å². The van der Waals surface area contributed by atoms with Crippen molar-refractivity contribution in [1.29, 1.82) is 0 Å². The molecule has 1 aliphatic rings. The summed E-state index contributed by atoms with van der Waals surface area (Å²) >= 11 is 7.20. The number of carbonyl (C=O) groups is 1. The molecule has 0 radical (unpaired) electrons. The normalized spacial score (nSPS) is 16.9. The van der Waals surface area contributed by atoms with Crippen LogP contribution in [0.25, 0.3) is 0 Å². The van der Waals surface area contributed by atoms with Crippen LogP contribution in [-0.4, -0.2) is 40.8 Å². The fourth-order valence-corrected chi connectivity index (χ4v) is 3.70. The molecule has 152 valence electrons. The molecule has 6 nitrogen and oxygen atoms in total. The summed E-state index contributed by atoms with van der Waals surface area (Å²) in [5, 5.41) is 3.16. The number of carbonyl (C=O) groups excluding carboxylic acids is 1. The van der Waals surface area contributed by atoms with Crippen LogP contribution in [0.15, 0.2) is 24.4 Å². The van der Waals surface area contributed by atoms with Crippen molar-refractivity contribution in [3.63, 3.8) is 0 Å². The number of rotatable bonds is 5. The summed E-state index contributed by atoms with van der Waals surface area (Å²) < 4.78 is 25.6. The maximum atomic E-state index is 13.7. The molecule has 1 amide bonds. The summed E-state index contributed by atoms with van der Waals surface area (Å²) in [6.45, 7) is 6.95. The lowest BCUT2D eigenvalue weighted by Gasteiger charge is -2.24. The van der Waals surface area contributed by atoms with E-state index in [2.05, 4.69) is 10.3 Å². The van der Waals surface area contributed by atoms with Crippen molar-refractivity contribution in [2.75, 3.05) is 18.4 Å². The number of nitrogens with zero attached hydrogens (tertiary/aromatic N) is 2. The minimum Gasteiger partial charge on any atom is -0.486 e. The molecule has 0 saturated carbocycles. The highest BCUT2D eigenvalue weighted by Gasteiger charge is 2.31. The number of thiazole rings is 1. The average molecular weight is 428 g/mol. The number of likely N-dealkylation sites (tertiary alicyclic amines) is 1. The summed E-state index contributed by atoms with van der Waals surface area (Å²) in [6.07, 6.45) is 1.82. The van der Waals surface area contributed by atoms with Crippen LogP contribution in [-0.2, 0) is 11.3 Å². The molecule has 3 rings (SSSR count). The number of hydrogen-bond acceptors (Lipinski definition) is 6. The first-order valence-corrected chi connectivity index (χ1v) is 10.2. The maximum absolute atomic E-state index is 13.7. The van der Waals surface area contributed by atoms with E-state index in [1.54, 1.807) is 17.2 Å². The molecule has 1 aromatic heterocycles. The van der Waals surface area contributed by atoms with Gasteiger partial charge in [-0.2, -0.15) is 0 Å². The van der Waals surface area contributed by atoms with Crippen LogP contribution in [0.4, 0.5) is 14.9 Å². The molecule has 0 spiro atoms. The van der Waals surface area contributed by atoms with Gasteiger partial charge in [0.2, 0.25) is 0 Å². The van der Waals surface area contributed by atoms with Crippen LogP contribution in [0, 0.1) is 5.82 Å². The lowest BCUT2D eigenvalue weighted by molar-refractivity contribution is 0.0276. The molecule has 2 aromatic rings. The van der Waals surface area contributed by atoms with Gasteiger partial charge in [0.05, 0.1) is 18.8 Å². The van der Waals surface area contributed by atoms with Crippen molar-refractivity contribution in [2.45, 2.75) is 45.4 Å². The third kappa shape index (κ3) is 5.72. The van der Waals surface area contributed by atoms with Crippen LogP contribution in [0.2, 0.25) is 4.47 Å². The molecule has 2 heterocycles. The Morgan fingerprint density at radius 1 is 1.46 bits per heavy atom. The maximum Gasteiger partial charge on any atom is 0.410 e. The molecule has 1 unspecified atom stereocenters. The van der Waals surface area contributed by atoms with E-state index in [4.69, 9.17) is 21.1 Å². The minimum atomic E-state index is -0.538. The number of aromatic nitrogens is 1. The molecule has 1 fully saturated rings. The number of halogens is 2. The zero-order valence-electron chi connectivity index (χ0n) is 16.0. The Morgan fingerprint density at radius 2 is 2.25 bits per heavy atom. The number of nitrogens with one attached hydrogen (secondary N) is 1. The largest absolute Gasteiger partial charge is 0.486 e. The molecule has 0 aliphatic carbocycles. The second-order valence-corrected chi connectivity index (χ2v) is 9.23. The Morgan fingerprint density at radius 3 is 2.93 bits per heavy atom. The van der Waals surface area contributed by atoms with Crippen LogP contribution in [0.3, 0.4) is 0 Å². The Balaban J connectivity index is 1.62. The van der Waals surface area contributed by atoms with Crippen molar-refractivity contribution < 1.29 is 18.7 Å². The lowest BCUT2D eigenvalue weighted by Crippen LogP contribution is -2.36. The fraction of sp³-hybridized carbons (Fsp3) is 0.474. The number of ether oxygens (including phenoxy) is 2. The highest BCUT2D eigenvalue weighted by Crippen LogP contribution is 2.30. The predicted octanol–water partition coefficient (Wildman–Crippen LogP) is 4.94. The molecular weight excluding hydrogens is 405 g/mol.